The van der Waals surface area contributed by atoms with Gasteiger partial charge in [-0.3, -0.25) is 9.69 Å². The van der Waals surface area contributed by atoms with E-state index >= 15 is 0 Å². The zero-order valence-corrected chi connectivity index (χ0v) is 18.6. The van der Waals surface area contributed by atoms with Gasteiger partial charge in [0.2, 0.25) is 15.9 Å². The normalized spacial score (nSPS) is 20.0. The maximum atomic E-state index is 12.6. The first-order valence-corrected chi connectivity index (χ1v) is 11.6. The fourth-order valence-electron chi connectivity index (χ4n) is 3.34. The number of likely N-dealkylation sites (tertiary alicyclic amines) is 1. The summed E-state index contributed by atoms with van der Waals surface area (Å²) < 4.78 is 27.8. The van der Waals surface area contributed by atoms with Gasteiger partial charge >= 0.3 is 0 Å². The molecule has 1 fully saturated rings. The van der Waals surface area contributed by atoms with Crippen molar-refractivity contribution in [3.63, 3.8) is 0 Å². The van der Waals surface area contributed by atoms with Gasteiger partial charge in [0.1, 0.15) is 0 Å². The SMILES string of the molecule is CCC(C)(C)NC(=O)C(C)N1CCCC(CNS(=O)(=O)c2ccc(C)cc2)C1. The van der Waals surface area contributed by atoms with Crippen LogP contribution in [0.25, 0.3) is 0 Å². The zero-order valence-electron chi connectivity index (χ0n) is 17.8. The summed E-state index contributed by atoms with van der Waals surface area (Å²) in [7, 11) is -3.51. The lowest BCUT2D eigenvalue weighted by Crippen LogP contribution is -2.54. The molecule has 7 heteroatoms. The second-order valence-corrected chi connectivity index (χ2v) is 10.3. The summed E-state index contributed by atoms with van der Waals surface area (Å²) >= 11 is 0. The van der Waals surface area contributed by atoms with Crippen LogP contribution in [-0.2, 0) is 14.8 Å². The maximum Gasteiger partial charge on any atom is 0.240 e. The summed E-state index contributed by atoms with van der Waals surface area (Å²) in [5.41, 5.74) is 0.810. The van der Waals surface area contributed by atoms with E-state index in [1.807, 2.05) is 27.7 Å². The van der Waals surface area contributed by atoms with E-state index in [1.54, 1.807) is 24.3 Å². The first-order valence-electron chi connectivity index (χ1n) is 10.2. The Labute approximate surface area is 170 Å². The fraction of sp³-hybridized carbons (Fsp3) is 0.667. The number of nitrogens with one attached hydrogen (secondary N) is 2. The van der Waals surface area contributed by atoms with Crippen LogP contribution in [0.3, 0.4) is 0 Å². The number of sulfonamides is 1. The molecule has 6 nitrogen and oxygen atoms in total. The smallest absolute Gasteiger partial charge is 0.240 e. The van der Waals surface area contributed by atoms with Crippen molar-refractivity contribution < 1.29 is 13.2 Å². The summed E-state index contributed by atoms with van der Waals surface area (Å²) in [6, 6.07) is 6.64. The van der Waals surface area contributed by atoms with Crippen molar-refractivity contribution >= 4 is 15.9 Å². The molecule has 1 aliphatic heterocycles. The molecule has 1 aromatic carbocycles. The molecular formula is C21H35N3O3S. The molecule has 1 aliphatic rings. The summed E-state index contributed by atoms with van der Waals surface area (Å²) in [6.07, 6.45) is 2.79. The Morgan fingerprint density at radius 3 is 2.54 bits per heavy atom. The number of carbonyl (C=O) groups is 1. The van der Waals surface area contributed by atoms with Crippen LogP contribution in [0.4, 0.5) is 0 Å². The third-order valence-electron chi connectivity index (χ3n) is 5.72. The third-order valence-corrected chi connectivity index (χ3v) is 7.16. The second-order valence-electron chi connectivity index (χ2n) is 8.57. The molecule has 1 saturated heterocycles. The summed E-state index contributed by atoms with van der Waals surface area (Å²) in [5, 5.41) is 3.11. The van der Waals surface area contributed by atoms with Crippen molar-refractivity contribution in [3.05, 3.63) is 29.8 Å². The van der Waals surface area contributed by atoms with Gasteiger partial charge in [0.25, 0.3) is 0 Å². The molecule has 2 atom stereocenters. The van der Waals surface area contributed by atoms with Crippen molar-refractivity contribution in [2.75, 3.05) is 19.6 Å². The van der Waals surface area contributed by atoms with E-state index in [1.165, 1.54) is 0 Å². The highest BCUT2D eigenvalue weighted by Gasteiger charge is 2.30. The average Bonchev–Trinajstić information content (AvgIpc) is 2.66. The van der Waals surface area contributed by atoms with Gasteiger partial charge in [-0.15, -0.1) is 0 Å². The van der Waals surface area contributed by atoms with Crippen LogP contribution < -0.4 is 10.0 Å². The van der Waals surface area contributed by atoms with Gasteiger partial charge in [-0.05, 0) is 71.6 Å². The molecule has 0 aliphatic carbocycles. The molecule has 0 spiro atoms. The van der Waals surface area contributed by atoms with E-state index < -0.39 is 10.0 Å². The summed E-state index contributed by atoms with van der Waals surface area (Å²) in [6.45, 7) is 11.9. The van der Waals surface area contributed by atoms with E-state index in [0.29, 0.717) is 11.4 Å². The minimum Gasteiger partial charge on any atom is -0.350 e. The molecule has 0 radical (unpaired) electrons. The molecule has 1 amide bonds. The van der Waals surface area contributed by atoms with E-state index in [4.69, 9.17) is 0 Å². The van der Waals surface area contributed by atoms with Crippen molar-refractivity contribution in [2.24, 2.45) is 5.92 Å². The standard InChI is InChI=1S/C21H35N3O3S/c1-6-21(4,5)23-20(25)17(3)24-13-7-8-18(15-24)14-22-28(26,27)19-11-9-16(2)10-12-19/h9-12,17-18,22H,6-8,13-15H2,1-5H3,(H,23,25). The van der Waals surface area contributed by atoms with E-state index in [-0.39, 0.29) is 23.4 Å². The van der Waals surface area contributed by atoms with Gasteiger partial charge < -0.3 is 5.32 Å². The number of benzene rings is 1. The molecule has 158 valence electrons. The Morgan fingerprint density at radius 1 is 1.29 bits per heavy atom. The van der Waals surface area contributed by atoms with Crippen molar-refractivity contribution in [2.45, 2.75) is 70.4 Å². The summed E-state index contributed by atoms with van der Waals surface area (Å²) in [5.74, 6) is 0.233. The van der Waals surface area contributed by atoms with Crippen LogP contribution >= 0.6 is 0 Å². The molecule has 2 unspecified atom stereocenters. The van der Waals surface area contributed by atoms with Gasteiger partial charge in [-0.25, -0.2) is 13.1 Å². The Bertz CT molecular complexity index is 760. The van der Waals surface area contributed by atoms with Crippen molar-refractivity contribution in [3.8, 4) is 0 Å². The van der Waals surface area contributed by atoms with E-state index in [0.717, 1.165) is 37.9 Å². The quantitative estimate of drug-likeness (QED) is 0.692. The molecule has 28 heavy (non-hydrogen) atoms. The van der Waals surface area contributed by atoms with Gasteiger partial charge in [0.05, 0.1) is 10.9 Å². The zero-order chi connectivity index (χ0) is 20.9. The number of aryl methyl sites for hydroxylation is 1. The molecule has 0 saturated carbocycles. The molecule has 1 heterocycles. The fourth-order valence-corrected chi connectivity index (χ4v) is 4.45. The van der Waals surface area contributed by atoms with Crippen LogP contribution in [-0.4, -0.2) is 50.4 Å². The molecule has 0 bridgehead atoms. The van der Waals surface area contributed by atoms with Gasteiger partial charge in [-0.2, -0.15) is 0 Å². The first-order chi connectivity index (χ1) is 13.0. The number of hydrogen-bond donors (Lipinski definition) is 2. The van der Waals surface area contributed by atoms with Crippen LogP contribution in [0, 0.1) is 12.8 Å². The maximum absolute atomic E-state index is 12.6. The number of amides is 1. The Hall–Kier alpha value is -1.44. The number of rotatable bonds is 8. The lowest BCUT2D eigenvalue weighted by atomic mass is 9.96. The summed E-state index contributed by atoms with van der Waals surface area (Å²) in [4.78, 5) is 15.0. The number of nitrogens with zero attached hydrogens (tertiary/aromatic N) is 1. The molecular weight excluding hydrogens is 374 g/mol. The Kier molecular flexibility index (Phi) is 7.65. The molecule has 2 N–H and O–H groups in total. The lowest BCUT2D eigenvalue weighted by molar-refractivity contribution is -0.128. The van der Waals surface area contributed by atoms with Crippen molar-refractivity contribution in [1.82, 2.24) is 14.9 Å². The highest BCUT2D eigenvalue weighted by molar-refractivity contribution is 7.89. The second kappa shape index (κ2) is 9.37. The molecule has 1 aromatic rings. The first kappa shape index (κ1) is 22.8. The minimum atomic E-state index is -3.51. The van der Waals surface area contributed by atoms with Crippen molar-refractivity contribution in [1.29, 1.82) is 0 Å². The highest BCUT2D eigenvalue weighted by Crippen LogP contribution is 2.20. The van der Waals surface area contributed by atoms with Gasteiger partial charge in [0.15, 0.2) is 0 Å². The van der Waals surface area contributed by atoms with E-state index in [9.17, 15) is 13.2 Å². The third kappa shape index (κ3) is 6.29. The monoisotopic (exact) mass is 409 g/mol. The topological polar surface area (TPSA) is 78.5 Å². The number of hydrogen-bond acceptors (Lipinski definition) is 4. The van der Waals surface area contributed by atoms with Gasteiger partial charge in [-0.1, -0.05) is 24.6 Å². The number of carbonyl (C=O) groups excluding carboxylic acids is 1. The predicted molar refractivity (Wildman–Crippen MR) is 113 cm³/mol. The average molecular weight is 410 g/mol. The minimum absolute atomic E-state index is 0.0349. The van der Waals surface area contributed by atoms with E-state index in [2.05, 4.69) is 21.9 Å². The Morgan fingerprint density at radius 2 is 1.93 bits per heavy atom. The molecule has 0 aromatic heterocycles. The Balaban J connectivity index is 1.92. The molecule has 2 rings (SSSR count). The predicted octanol–water partition coefficient (Wildman–Crippen LogP) is 2.68. The van der Waals surface area contributed by atoms with Crippen LogP contribution in [0.5, 0.6) is 0 Å². The largest absolute Gasteiger partial charge is 0.350 e. The lowest BCUT2D eigenvalue weighted by Gasteiger charge is -2.37. The van der Waals surface area contributed by atoms with Gasteiger partial charge in [0, 0.05) is 18.6 Å². The van der Waals surface area contributed by atoms with Crippen LogP contribution in [0.15, 0.2) is 29.2 Å². The highest BCUT2D eigenvalue weighted by atomic mass is 32.2. The number of piperidine rings is 1. The van der Waals surface area contributed by atoms with Crippen LogP contribution in [0.2, 0.25) is 0 Å². The van der Waals surface area contributed by atoms with Crippen LogP contribution in [0.1, 0.15) is 52.5 Å².